The first-order chi connectivity index (χ1) is 17.1. The summed E-state index contributed by atoms with van der Waals surface area (Å²) in [6.07, 6.45) is 9.25. The van der Waals surface area contributed by atoms with E-state index >= 15 is 0 Å². The molecule has 35 heavy (non-hydrogen) atoms. The molecule has 4 aliphatic rings. The second kappa shape index (κ2) is 9.41. The second-order valence-electron chi connectivity index (χ2n) is 10.6. The van der Waals surface area contributed by atoms with Crippen molar-refractivity contribution in [1.29, 1.82) is 0 Å². The lowest BCUT2D eigenvalue weighted by molar-refractivity contribution is -0.00329. The lowest BCUT2D eigenvalue weighted by Gasteiger charge is -2.50. The summed E-state index contributed by atoms with van der Waals surface area (Å²) < 4.78 is 0. The van der Waals surface area contributed by atoms with E-state index in [2.05, 4.69) is 46.1 Å². The molecule has 6 heteroatoms. The Balaban J connectivity index is 1.32. The van der Waals surface area contributed by atoms with Gasteiger partial charge in [-0.3, -0.25) is 20.0 Å². The van der Waals surface area contributed by atoms with Gasteiger partial charge >= 0.3 is 0 Å². The molecule has 2 aromatic rings. The third-order valence-electron chi connectivity index (χ3n) is 8.70. The zero-order chi connectivity index (χ0) is 23.9. The number of benzene rings is 2. The van der Waals surface area contributed by atoms with Gasteiger partial charge in [-0.25, -0.2) is 5.01 Å². The van der Waals surface area contributed by atoms with E-state index in [1.807, 2.05) is 29.3 Å². The van der Waals surface area contributed by atoms with Crippen LogP contribution in [-0.4, -0.2) is 69.6 Å². The summed E-state index contributed by atoms with van der Waals surface area (Å²) in [6, 6.07) is 18.0. The number of amides is 1. The van der Waals surface area contributed by atoms with Crippen molar-refractivity contribution < 1.29 is 9.90 Å². The molecule has 184 valence electrons. The molecule has 0 aromatic heterocycles. The number of hydrogen-bond acceptors (Lipinski definition) is 5. The number of fused-ring (bicyclic) bond motifs is 6. The number of phenolic OH excluding ortho intramolecular Hbond substituents is 1. The zero-order valence-corrected chi connectivity index (χ0v) is 20.4. The first-order valence-corrected chi connectivity index (χ1v) is 13.2. The van der Waals surface area contributed by atoms with Crippen LogP contribution in [0.2, 0.25) is 0 Å². The van der Waals surface area contributed by atoms with Gasteiger partial charge in [0, 0.05) is 49.4 Å². The average molecular weight is 473 g/mol. The fourth-order valence-corrected chi connectivity index (χ4v) is 7.30. The molecule has 0 radical (unpaired) electrons. The van der Waals surface area contributed by atoms with Crippen LogP contribution in [0.3, 0.4) is 0 Å². The predicted molar refractivity (Wildman–Crippen MR) is 137 cm³/mol. The standard InChI is InChI=1S/C29H36N4O2/c1-2-16-32-24-12-13-25(32)27-15-14-26(24)33(27)28(22-6-5-7-23(34)19-22)20-8-10-21(11-9-20)29(35)30-31-17-3-4-18-31/h2,5-11,19,24-28,34H,1,3-4,12-18H2,(H,30,35). The van der Waals surface area contributed by atoms with Gasteiger partial charge in [0.2, 0.25) is 0 Å². The van der Waals surface area contributed by atoms with Gasteiger partial charge in [0.1, 0.15) is 5.75 Å². The Hall–Kier alpha value is -2.67. The van der Waals surface area contributed by atoms with Crippen LogP contribution in [0.1, 0.15) is 66.1 Å². The minimum absolute atomic E-state index is 0.0384. The van der Waals surface area contributed by atoms with E-state index in [0.29, 0.717) is 35.5 Å². The van der Waals surface area contributed by atoms with Gasteiger partial charge in [0.15, 0.2) is 0 Å². The van der Waals surface area contributed by atoms with Crippen molar-refractivity contribution in [3.63, 3.8) is 0 Å². The van der Waals surface area contributed by atoms with E-state index in [-0.39, 0.29) is 11.9 Å². The highest BCUT2D eigenvalue weighted by Crippen LogP contribution is 2.50. The van der Waals surface area contributed by atoms with Gasteiger partial charge in [0.05, 0.1) is 6.04 Å². The highest BCUT2D eigenvalue weighted by Gasteiger charge is 2.56. The minimum Gasteiger partial charge on any atom is -0.508 e. The van der Waals surface area contributed by atoms with E-state index in [9.17, 15) is 9.90 Å². The summed E-state index contributed by atoms with van der Waals surface area (Å²) in [5, 5.41) is 12.4. The van der Waals surface area contributed by atoms with E-state index in [1.165, 1.54) is 31.2 Å². The molecular formula is C29H36N4O2. The molecule has 4 heterocycles. The van der Waals surface area contributed by atoms with Gasteiger partial charge < -0.3 is 5.11 Å². The number of hydrazine groups is 1. The van der Waals surface area contributed by atoms with Crippen LogP contribution in [0, 0.1) is 0 Å². The SMILES string of the molecule is C=CCN1C2CCC1C1CCC2N1C(c1ccc(C(=O)NN2CCCC2)cc1)c1cccc(O)c1. The summed E-state index contributed by atoms with van der Waals surface area (Å²) in [5.74, 6) is 0.262. The number of phenols is 1. The van der Waals surface area contributed by atoms with E-state index < -0.39 is 0 Å². The Kier molecular flexibility index (Phi) is 6.13. The molecule has 0 spiro atoms. The summed E-state index contributed by atoms with van der Waals surface area (Å²) in [6.45, 7) is 6.83. The Morgan fingerprint density at radius 3 is 2.26 bits per heavy atom. The molecule has 0 aliphatic carbocycles. The number of carbonyl (C=O) groups excluding carboxylic acids is 1. The number of nitrogens with one attached hydrogen (secondary N) is 1. The maximum atomic E-state index is 12.8. The number of hydrogen-bond donors (Lipinski definition) is 2. The molecule has 5 unspecified atom stereocenters. The van der Waals surface area contributed by atoms with Crippen molar-refractivity contribution in [2.45, 2.75) is 68.7 Å². The molecule has 2 aromatic carbocycles. The molecule has 4 bridgehead atoms. The van der Waals surface area contributed by atoms with Crippen LogP contribution >= 0.6 is 0 Å². The highest BCUT2D eigenvalue weighted by molar-refractivity contribution is 5.93. The molecule has 6 rings (SSSR count). The van der Waals surface area contributed by atoms with E-state index in [4.69, 9.17) is 0 Å². The second-order valence-corrected chi connectivity index (χ2v) is 10.6. The van der Waals surface area contributed by atoms with Crippen molar-refractivity contribution >= 4 is 5.91 Å². The number of rotatable bonds is 7. The summed E-state index contributed by atoms with van der Waals surface area (Å²) in [5.41, 5.74) is 6.03. The van der Waals surface area contributed by atoms with Gasteiger partial charge in [-0.2, -0.15) is 0 Å². The molecule has 4 aliphatic heterocycles. The number of aromatic hydroxyl groups is 1. The van der Waals surface area contributed by atoms with Crippen molar-refractivity contribution in [3.8, 4) is 5.75 Å². The average Bonchev–Trinajstić information content (AvgIpc) is 3.56. The molecule has 1 amide bonds. The predicted octanol–water partition coefficient (Wildman–Crippen LogP) is 4.09. The normalized spacial score (nSPS) is 29.4. The third kappa shape index (κ3) is 4.07. The Morgan fingerprint density at radius 2 is 1.63 bits per heavy atom. The Labute approximate surface area is 208 Å². The summed E-state index contributed by atoms with van der Waals surface area (Å²) in [4.78, 5) is 18.2. The van der Waals surface area contributed by atoms with Crippen LogP contribution < -0.4 is 5.43 Å². The van der Waals surface area contributed by atoms with Crippen molar-refractivity contribution in [2.24, 2.45) is 0 Å². The molecule has 6 nitrogen and oxygen atoms in total. The summed E-state index contributed by atoms with van der Waals surface area (Å²) in [7, 11) is 0. The molecule has 2 N–H and O–H groups in total. The number of carbonyl (C=O) groups is 1. The van der Waals surface area contributed by atoms with Gasteiger partial charge in [-0.05, 0) is 73.9 Å². The van der Waals surface area contributed by atoms with Crippen LogP contribution in [0.5, 0.6) is 5.75 Å². The molecule has 4 saturated heterocycles. The van der Waals surface area contributed by atoms with Crippen LogP contribution in [0.15, 0.2) is 61.2 Å². The number of nitrogens with zero attached hydrogens (tertiary/aromatic N) is 3. The molecular weight excluding hydrogens is 436 g/mol. The minimum atomic E-state index is -0.0384. The maximum absolute atomic E-state index is 12.8. The Morgan fingerprint density at radius 1 is 0.971 bits per heavy atom. The fraction of sp³-hybridized carbons (Fsp3) is 0.483. The van der Waals surface area contributed by atoms with Crippen molar-refractivity contribution in [3.05, 3.63) is 77.9 Å². The van der Waals surface area contributed by atoms with E-state index in [1.54, 1.807) is 6.07 Å². The van der Waals surface area contributed by atoms with Gasteiger partial charge in [-0.1, -0.05) is 30.3 Å². The van der Waals surface area contributed by atoms with Gasteiger partial charge in [0.25, 0.3) is 5.91 Å². The smallest absolute Gasteiger partial charge is 0.265 e. The topological polar surface area (TPSA) is 59.0 Å². The van der Waals surface area contributed by atoms with E-state index in [0.717, 1.165) is 38.0 Å². The fourth-order valence-electron chi connectivity index (χ4n) is 7.30. The van der Waals surface area contributed by atoms with Crippen LogP contribution in [0.4, 0.5) is 0 Å². The van der Waals surface area contributed by atoms with Crippen molar-refractivity contribution in [2.75, 3.05) is 19.6 Å². The largest absolute Gasteiger partial charge is 0.508 e. The monoisotopic (exact) mass is 472 g/mol. The summed E-state index contributed by atoms with van der Waals surface area (Å²) >= 11 is 0. The molecule has 0 saturated carbocycles. The molecule has 5 atom stereocenters. The number of piperazine rings is 1. The first kappa shape index (κ1) is 22.8. The third-order valence-corrected chi connectivity index (χ3v) is 8.70. The van der Waals surface area contributed by atoms with Gasteiger partial charge in [-0.15, -0.1) is 6.58 Å². The highest BCUT2D eigenvalue weighted by atomic mass is 16.3. The lowest BCUT2D eigenvalue weighted by atomic mass is 9.91. The quantitative estimate of drug-likeness (QED) is 0.595. The zero-order valence-electron chi connectivity index (χ0n) is 20.4. The first-order valence-electron chi connectivity index (χ1n) is 13.2. The Bertz CT molecular complexity index is 1060. The lowest BCUT2D eigenvalue weighted by Crippen LogP contribution is -2.60. The molecule has 4 fully saturated rings. The van der Waals surface area contributed by atoms with Crippen molar-refractivity contribution in [1.82, 2.24) is 20.2 Å². The van der Waals surface area contributed by atoms with Crippen LogP contribution in [0.25, 0.3) is 0 Å². The maximum Gasteiger partial charge on any atom is 0.265 e. The van der Waals surface area contributed by atoms with Crippen LogP contribution in [-0.2, 0) is 0 Å².